The number of carbonyl (C=O) groups is 1. The summed E-state index contributed by atoms with van der Waals surface area (Å²) in [6, 6.07) is 16.5. The molecule has 0 spiro atoms. The topological polar surface area (TPSA) is 54.5 Å². The lowest BCUT2D eigenvalue weighted by atomic mass is 9.95. The number of aromatic nitrogens is 1. The molecule has 2 aromatic carbocycles. The van der Waals surface area contributed by atoms with Gasteiger partial charge in [0, 0.05) is 37.0 Å². The summed E-state index contributed by atoms with van der Waals surface area (Å²) in [4.78, 5) is 19.7. The molecule has 2 aliphatic rings. The van der Waals surface area contributed by atoms with Crippen molar-refractivity contribution < 1.29 is 9.53 Å². The standard InChI is InChI=1S/C24H23N3O2/c1-16-2-3-20-13-19-5-4-17(14-21(19)24(28)26-22(20)12-16)18-6-7-25-23(15-18)27-8-10-29-11-9-27/h2-7,12,14-15H,8-11,13H2,1H3,(H,26,28). The van der Waals surface area contributed by atoms with Crippen LogP contribution in [0.4, 0.5) is 11.5 Å². The van der Waals surface area contributed by atoms with E-state index in [1.54, 1.807) is 0 Å². The van der Waals surface area contributed by atoms with Crippen molar-refractivity contribution in [3.8, 4) is 11.1 Å². The lowest BCUT2D eigenvalue weighted by Crippen LogP contribution is -2.36. The highest BCUT2D eigenvalue weighted by atomic mass is 16.5. The SMILES string of the molecule is Cc1ccc2c(c1)NC(=O)c1cc(-c3ccnc(N4CCOCC4)c3)ccc1C2. The van der Waals surface area contributed by atoms with Gasteiger partial charge in [0.2, 0.25) is 0 Å². The fourth-order valence-electron chi connectivity index (χ4n) is 4.04. The van der Waals surface area contributed by atoms with E-state index in [0.717, 1.165) is 77.6 Å². The molecular weight excluding hydrogens is 362 g/mol. The number of nitrogens with zero attached hydrogens (tertiary/aromatic N) is 2. The number of anilines is 2. The Morgan fingerprint density at radius 3 is 2.62 bits per heavy atom. The Morgan fingerprint density at radius 1 is 0.966 bits per heavy atom. The summed E-state index contributed by atoms with van der Waals surface area (Å²) in [6.45, 7) is 5.19. The van der Waals surface area contributed by atoms with Gasteiger partial charge in [0.05, 0.1) is 13.2 Å². The van der Waals surface area contributed by atoms with Crippen LogP contribution in [-0.2, 0) is 11.2 Å². The van der Waals surface area contributed by atoms with Crippen molar-refractivity contribution in [3.05, 3.63) is 77.0 Å². The molecule has 29 heavy (non-hydrogen) atoms. The van der Waals surface area contributed by atoms with Gasteiger partial charge < -0.3 is 15.0 Å². The van der Waals surface area contributed by atoms with Crippen LogP contribution in [0.25, 0.3) is 11.1 Å². The number of hydrogen-bond acceptors (Lipinski definition) is 4. The van der Waals surface area contributed by atoms with Crippen LogP contribution in [-0.4, -0.2) is 37.2 Å². The molecule has 5 heteroatoms. The average molecular weight is 385 g/mol. The van der Waals surface area contributed by atoms with Crippen molar-refractivity contribution in [2.75, 3.05) is 36.5 Å². The molecule has 1 N–H and O–H groups in total. The molecule has 5 nitrogen and oxygen atoms in total. The molecular formula is C24H23N3O2. The van der Waals surface area contributed by atoms with Gasteiger partial charge in [-0.25, -0.2) is 4.98 Å². The van der Waals surface area contributed by atoms with Crippen molar-refractivity contribution in [1.82, 2.24) is 4.98 Å². The normalized spacial score (nSPS) is 15.9. The number of amides is 1. The number of pyridine rings is 1. The van der Waals surface area contributed by atoms with Crippen LogP contribution in [0.1, 0.15) is 27.0 Å². The molecule has 1 aromatic heterocycles. The Hall–Kier alpha value is -3.18. The quantitative estimate of drug-likeness (QED) is 0.723. The lowest BCUT2D eigenvalue weighted by Gasteiger charge is -2.28. The van der Waals surface area contributed by atoms with Crippen molar-refractivity contribution in [2.45, 2.75) is 13.3 Å². The summed E-state index contributed by atoms with van der Waals surface area (Å²) in [5, 5.41) is 3.09. The molecule has 2 aliphatic heterocycles. The van der Waals surface area contributed by atoms with E-state index in [4.69, 9.17) is 4.74 Å². The molecule has 146 valence electrons. The molecule has 3 heterocycles. The Kier molecular flexibility index (Phi) is 4.52. The van der Waals surface area contributed by atoms with Gasteiger partial charge in [-0.2, -0.15) is 0 Å². The number of carbonyl (C=O) groups excluding carboxylic acids is 1. The number of benzene rings is 2. The first-order chi connectivity index (χ1) is 14.2. The Morgan fingerprint density at radius 2 is 1.76 bits per heavy atom. The highest BCUT2D eigenvalue weighted by Crippen LogP contribution is 2.31. The Bertz CT molecular complexity index is 1090. The van der Waals surface area contributed by atoms with Crippen molar-refractivity contribution in [3.63, 3.8) is 0 Å². The second-order valence-electron chi connectivity index (χ2n) is 7.67. The minimum absolute atomic E-state index is 0.0475. The van der Waals surface area contributed by atoms with Crippen LogP contribution in [0.5, 0.6) is 0 Å². The van der Waals surface area contributed by atoms with E-state index >= 15 is 0 Å². The Balaban J connectivity index is 1.49. The van der Waals surface area contributed by atoms with Crippen molar-refractivity contribution in [1.29, 1.82) is 0 Å². The summed E-state index contributed by atoms with van der Waals surface area (Å²) in [5.74, 6) is 0.904. The number of aryl methyl sites for hydroxylation is 1. The molecule has 1 saturated heterocycles. The van der Waals surface area contributed by atoms with Gasteiger partial charge >= 0.3 is 0 Å². The maximum absolute atomic E-state index is 12.9. The van der Waals surface area contributed by atoms with E-state index in [-0.39, 0.29) is 5.91 Å². The largest absolute Gasteiger partial charge is 0.378 e. The molecule has 0 atom stereocenters. The van der Waals surface area contributed by atoms with E-state index in [1.807, 2.05) is 31.3 Å². The summed E-state index contributed by atoms with van der Waals surface area (Å²) < 4.78 is 5.44. The third-order valence-electron chi connectivity index (χ3n) is 5.66. The third kappa shape index (κ3) is 3.49. The van der Waals surface area contributed by atoms with Crippen molar-refractivity contribution >= 4 is 17.4 Å². The first-order valence-corrected chi connectivity index (χ1v) is 10.0. The molecule has 1 amide bonds. The minimum Gasteiger partial charge on any atom is -0.378 e. The zero-order valence-corrected chi connectivity index (χ0v) is 16.4. The second kappa shape index (κ2) is 7.33. The number of ether oxygens (including phenoxy) is 1. The van der Waals surface area contributed by atoms with Crippen LogP contribution in [0, 0.1) is 6.92 Å². The molecule has 0 saturated carbocycles. The number of rotatable bonds is 2. The average Bonchev–Trinajstić information content (AvgIpc) is 2.89. The van der Waals surface area contributed by atoms with E-state index in [2.05, 4.69) is 45.5 Å². The first-order valence-electron chi connectivity index (χ1n) is 10.0. The van der Waals surface area contributed by atoms with Crippen LogP contribution in [0.3, 0.4) is 0 Å². The van der Waals surface area contributed by atoms with Crippen LogP contribution < -0.4 is 10.2 Å². The summed E-state index contributed by atoms with van der Waals surface area (Å²) >= 11 is 0. The molecule has 0 aliphatic carbocycles. The molecule has 1 fully saturated rings. The summed E-state index contributed by atoms with van der Waals surface area (Å²) in [5.41, 5.74) is 7.08. The number of nitrogens with one attached hydrogen (secondary N) is 1. The van der Waals surface area contributed by atoms with E-state index in [0.29, 0.717) is 0 Å². The molecule has 0 unspecified atom stereocenters. The predicted molar refractivity (Wildman–Crippen MR) is 115 cm³/mol. The predicted octanol–water partition coefficient (Wildman–Crippen LogP) is 4.05. The third-order valence-corrected chi connectivity index (χ3v) is 5.66. The maximum atomic E-state index is 12.9. The van der Waals surface area contributed by atoms with Crippen LogP contribution in [0.15, 0.2) is 54.7 Å². The minimum atomic E-state index is -0.0475. The zero-order valence-electron chi connectivity index (χ0n) is 16.4. The van der Waals surface area contributed by atoms with Gasteiger partial charge in [-0.05, 0) is 59.0 Å². The second-order valence-corrected chi connectivity index (χ2v) is 7.67. The molecule has 3 aromatic rings. The number of morpholine rings is 1. The van der Waals surface area contributed by atoms with Gasteiger partial charge in [0.1, 0.15) is 5.82 Å². The van der Waals surface area contributed by atoms with Crippen LogP contribution >= 0.6 is 0 Å². The van der Waals surface area contributed by atoms with Gasteiger partial charge in [0.25, 0.3) is 5.91 Å². The van der Waals surface area contributed by atoms with Gasteiger partial charge in [-0.3, -0.25) is 4.79 Å². The van der Waals surface area contributed by atoms with Crippen LogP contribution in [0.2, 0.25) is 0 Å². The monoisotopic (exact) mass is 385 g/mol. The smallest absolute Gasteiger partial charge is 0.255 e. The van der Waals surface area contributed by atoms with Gasteiger partial charge in [-0.1, -0.05) is 24.3 Å². The fraction of sp³-hybridized carbons (Fsp3) is 0.250. The van der Waals surface area contributed by atoms with E-state index in [1.165, 1.54) is 0 Å². The Labute approximate surface area is 170 Å². The van der Waals surface area contributed by atoms with E-state index in [9.17, 15) is 4.79 Å². The lowest BCUT2D eigenvalue weighted by molar-refractivity contribution is 0.102. The van der Waals surface area contributed by atoms with Crippen molar-refractivity contribution in [2.24, 2.45) is 0 Å². The highest BCUT2D eigenvalue weighted by Gasteiger charge is 2.20. The summed E-state index contributed by atoms with van der Waals surface area (Å²) in [6.07, 6.45) is 2.59. The maximum Gasteiger partial charge on any atom is 0.255 e. The number of fused-ring (bicyclic) bond motifs is 2. The van der Waals surface area contributed by atoms with Gasteiger partial charge in [0.15, 0.2) is 0 Å². The summed E-state index contributed by atoms with van der Waals surface area (Å²) in [7, 11) is 0. The molecule has 0 bridgehead atoms. The number of hydrogen-bond donors (Lipinski definition) is 1. The molecule has 5 rings (SSSR count). The first kappa shape index (κ1) is 17.9. The van der Waals surface area contributed by atoms with Gasteiger partial charge in [-0.15, -0.1) is 0 Å². The zero-order chi connectivity index (χ0) is 19.8. The molecule has 0 radical (unpaired) electrons. The highest BCUT2D eigenvalue weighted by molar-refractivity contribution is 6.07. The fourth-order valence-corrected chi connectivity index (χ4v) is 4.04. The van der Waals surface area contributed by atoms with E-state index < -0.39 is 0 Å².